The molecule has 5 rings (SSSR count). The summed E-state index contributed by atoms with van der Waals surface area (Å²) in [7, 11) is 0. The van der Waals surface area contributed by atoms with E-state index in [0.717, 1.165) is 22.6 Å². The van der Waals surface area contributed by atoms with Crippen molar-refractivity contribution < 1.29 is 5.11 Å². The van der Waals surface area contributed by atoms with Gasteiger partial charge in [-0.05, 0) is 76.7 Å². The first-order chi connectivity index (χ1) is 15.0. The van der Waals surface area contributed by atoms with Gasteiger partial charge in [-0.15, -0.1) is 0 Å². The van der Waals surface area contributed by atoms with E-state index in [1.807, 2.05) is 12.1 Å². The molecule has 0 radical (unpaired) electrons. The molecule has 2 nitrogen and oxygen atoms in total. The fourth-order valence-corrected chi connectivity index (χ4v) is 4.80. The van der Waals surface area contributed by atoms with E-state index in [1.54, 1.807) is 0 Å². The molecule has 0 aliphatic heterocycles. The van der Waals surface area contributed by atoms with Gasteiger partial charge in [-0.3, -0.25) is 0 Å². The number of hydrogen-bond acceptors (Lipinski definition) is 2. The fourth-order valence-electron chi connectivity index (χ4n) is 4.80. The SMILES string of the molecule is Cc1cccc(N(c2ccc(CO)cc2)c2ccc3c(c2)C(C)(C)c2ccccc2-3)c1. The number of aliphatic hydroxyl groups is 1. The van der Waals surface area contributed by atoms with Crippen molar-refractivity contribution in [1.29, 1.82) is 0 Å². The minimum Gasteiger partial charge on any atom is -0.392 e. The van der Waals surface area contributed by atoms with Crippen molar-refractivity contribution in [2.75, 3.05) is 4.90 Å². The van der Waals surface area contributed by atoms with Crippen LogP contribution >= 0.6 is 0 Å². The quantitative estimate of drug-likeness (QED) is 0.386. The first-order valence-corrected chi connectivity index (χ1v) is 10.8. The molecule has 0 bridgehead atoms. The number of fused-ring (bicyclic) bond motifs is 3. The Labute approximate surface area is 184 Å². The summed E-state index contributed by atoms with van der Waals surface area (Å²) in [5.41, 5.74) is 10.9. The molecular weight excluding hydrogens is 378 g/mol. The Morgan fingerprint density at radius 3 is 2.10 bits per heavy atom. The highest BCUT2D eigenvalue weighted by atomic mass is 16.3. The van der Waals surface area contributed by atoms with Crippen molar-refractivity contribution in [1.82, 2.24) is 0 Å². The molecule has 0 fully saturated rings. The summed E-state index contributed by atoms with van der Waals surface area (Å²) in [5.74, 6) is 0. The number of hydrogen-bond donors (Lipinski definition) is 1. The highest BCUT2D eigenvalue weighted by Gasteiger charge is 2.35. The molecule has 154 valence electrons. The monoisotopic (exact) mass is 405 g/mol. The molecule has 0 saturated carbocycles. The maximum absolute atomic E-state index is 9.47. The molecule has 2 heteroatoms. The lowest BCUT2D eigenvalue weighted by atomic mass is 9.82. The summed E-state index contributed by atoms with van der Waals surface area (Å²) in [6, 6.07) is 32.3. The van der Waals surface area contributed by atoms with Gasteiger partial charge >= 0.3 is 0 Å². The molecule has 0 spiro atoms. The van der Waals surface area contributed by atoms with E-state index in [1.165, 1.54) is 27.8 Å². The molecular formula is C29H27NO. The maximum Gasteiger partial charge on any atom is 0.0681 e. The Bertz CT molecular complexity index is 1250. The van der Waals surface area contributed by atoms with Gasteiger partial charge in [-0.2, -0.15) is 0 Å². The summed E-state index contributed by atoms with van der Waals surface area (Å²) in [6.07, 6.45) is 0. The zero-order valence-corrected chi connectivity index (χ0v) is 18.3. The second kappa shape index (κ2) is 7.40. The van der Waals surface area contributed by atoms with Crippen LogP contribution in [0.25, 0.3) is 11.1 Å². The Morgan fingerprint density at radius 1 is 0.677 bits per heavy atom. The first-order valence-electron chi connectivity index (χ1n) is 10.8. The van der Waals surface area contributed by atoms with Gasteiger partial charge in [0.15, 0.2) is 0 Å². The second-order valence-corrected chi connectivity index (χ2v) is 8.90. The fraction of sp³-hybridized carbons (Fsp3) is 0.172. The molecule has 4 aromatic carbocycles. The minimum absolute atomic E-state index is 0.0407. The van der Waals surface area contributed by atoms with Crippen LogP contribution in [0.4, 0.5) is 17.1 Å². The van der Waals surface area contributed by atoms with Gasteiger partial charge in [0, 0.05) is 22.5 Å². The van der Waals surface area contributed by atoms with Gasteiger partial charge in [0.1, 0.15) is 0 Å². The molecule has 31 heavy (non-hydrogen) atoms. The van der Waals surface area contributed by atoms with Crippen LogP contribution < -0.4 is 4.90 Å². The van der Waals surface area contributed by atoms with Gasteiger partial charge in [-0.1, -0.05) is 68.4 Å². The summed E-state index contributed by atoms with van der Waals surface area (Å²) in [4.78, 5) is 2.30. The van der Waals surface area contributed by atoms with E-state index in [9.17, 15) is 5.11 Å². The van der Waals surface area contributed by atoms with Crippen molar-refractivity contribution in [2.24, 2.45) is 0 Å². The lowest BCUT2D eigenvalue weighted by Gasteiger charge is -2.28. The van der Waals surface area contributed by atoms with Crippen LogP contribution in [-0.2, 0) is 12.0 Å². The summed E-state index contributed by atoms with van der Waals surface area (Å²) >= 11 is 0. The topological polar surface area (TPSA) is 23.5 Å². The van der Waals surface area contributed by atoms with Crippen LogP contribution in [0.5, 0.6) is 0 Å². The zero-order chi connectivity index (χ0) is 21.6. The summed E-state index contributed by atoms with van der Waals surface area (Å²) < 4.78 is 0. The number of benzene rings is 4. The lowest BCUT2D eigenvalue weighted by Crippen LogP contribution is -2.16. The van der Waals surface area contributed by atoms with Crippen LogP contribution in [-0.4, -0.2) is 5.11 Å². The van der Waals surface area contributed by atoms with Crippen LogP contribution in [0.15, 0.2) is 91.0 Å². The van der Waals surface area contributed by atoms with Gasteiger partial charge in [0.2, 0.25) is 0 Å². The van der Waals surface area contributed by atoms with Crippen molar-refractivity contribution in [3.63, 3.8) is 0 Å². The normalized spacial score (nSPS) is 13.5. The molecule has 0 unspecified atom stereocenters. The van der Waals surface area contributed by atoms with Crippen LogP contribution in [0.1, 0.15) is 36.1 Å². The molecule has 0 aromatic heterocycles. The Kier molecular flexibility index (Phi) is 4.68. The number of rotatable bonds is 4. The molecule has 1 N–H and O–H groups in total. The number of anilines is 3. The molecule has 0 heterocycles. The van der Waals surface area contributed by atoms with Crippen molar-refractivity contribution in [2.45, 2.75) is 32.8 Å². The summed E-state index contributed by atoms with van der Waals surface area (Å²) in [6.45, 7) is 6.80. The lowest BCUT2D eigenvalue weighted by molar-refractivity contribution is 0.282. The predicted octanol–water partition coefficient (Wildman–Crippen LogP) is 7.26. The number of aryl methyl sites for hydroxylation is 1. The smallest absolute Gasteiger partial charge is 0.0681 e. The summed E-state index contributed by atoms with van der Waals surface area (Å²) in [5, 5.41) is 9.47. The van der Waals surface area contributed by atoms with E-state index in [0.29, 0.717) is 0 Å². The highest BCUT2D eigenvalue weighted by molar-refractivity contribution is 5.85. The zero-order valence-electron chi connectivity index (χ0n) is 18.3. The van der Waals surface area contributed by atoms with Gasteiger partial charge < -0.3 is 10.0 Å². The third-order valence-corrected chi connectivity index (χ3v) is 6.46. The molecule has 1 aliphatic rings. The predicted molar refractivity (Wildman–Crippen MR) is 129 cm³/mol. The molecule has 4 aromatic rings. The van der Waals surface area contributed by atoms with Crippen molar-refractivity contribution in [3.05, 3.63) is 113 Å². The average molecular weight is 406 g/mol. The van der Waals surface area contributed by atoms with E-state index in [4.69, 9.17) is 0 Å². The average Bonchev–Trinajstić information content (AvgIpc) is 3.02. The molecule has 0 atom stereocenters. The first kappa shape index (κ1) is 19.6. The van der Waals surface area contributed by atoms with E-state index >= 15 is 0 Å². The van der Waals surface area contributed by atoms with Crippen molar-refractivity contribution >= 4 is 17.1 Å². The number of aliphatic hydroxyl groups excluding tert-OH is 1. The van der Waals surface area contributed by atoms with Crippen LogP contribution in [0.3, 0.4) is 0 Å². The second-order valence-electron chi connectivity index (χ2n) is 8.90. The van der Waals surface area contributed by atoms with E-state index in [-0.39, 0.29) is 12.0 Å². The Hall–Kier alpha value is -3.36. The van der Waals surface area contributed by atoms with Crippen molar-refractivity contribution in [3.8, 4) is 11.1 Å². The standard InChI is InChI=1S/C29H27NO/c1-20-7-6-8-23(17-20)30(22-13-11-21(19-31)12-14-22)24-15-16-26-25-9-4-5-10-27(25)29(2,3)28(26)18-24/h4-18,31H,19H2,1-3H3. The minimum atomic E-state index is -0.0407. The van der Waals surface area contributed by atoms with Gasteiger partial charge in [0.05, 0.1) is 6.61 Å². The van der Waals surface area contributed by atoms with Crippen LogP contribution in [0, 0.1) is 6.92 Å². The maximum atomic E-state index is 9.47. The molecule has 1 aliphatic carbocycles. The third-order valence-electron chi connectivity index (χ3n) is 6.46. The Balaban J connectivity index is 1.68. The molecule has 0 amide bonds. The largest absolute Gasteiger partial charge is 0.392 e. The third kappa shape index (κ3) is 3.24. The van der Waals surface area contributed by atoms with E-state index < -0.39 is 0 Å². The van der Waals surface area contributed by atoms with E-state index in [2.05, 4.69) is 105 Å². The number of nitrogens with zero attached hydrogens (tertiary/aromatic N) is 1. The van der Waals surface area contributed by atoms with Crippen LogP contribution in [0.2, 0.25) is 0 Å². The van der Waals surface area contributed by atoms with Gasteiger partial charge in [0.25, 0.3) is 0 Å². The van der Waals surface area contributed by atoms with Gasteiger partial charge in [-0.25, -0.2) is 0 Å². The molecule has 0 saturated heterocycles. The Morgan fingerprint density at radius 2 is 1.35 bits per heavy atom. The highest BCUT2D eigenvalue weighted by Crippen LogP contribution is 2.50.